The van der Waals surface area contributed by atoms with E-state index in [9.17, 15) is 14.4 Å². The monoisotopic (exact) mass is 351 g/mol. The summed E-state index contributed by atoms with van der Waals surface area (Å²) in [5.74, 6) is -1.53. The van der Waals surface area contributed by atoms with Gasteiger partial charge in [-0.05, 0) is 37.1 Å². The number of ether oxygens (including phenoxy) is 1. The molecule has 1 saturated carbocycles. The van der Waals surface area contributed by atoms with Crippen LogP contribution in [0.2, 0.25) is 0 Å². The molecule has 1 aromatic heterocycles. The molecule has 1 aliphatic carbocycles. The maximum atomic E-state index is 13.2. The lowest BCUT2D eigenvalue weighted by Crippen LogP contribution is -2.62. The zero-order chi connectivity index (χ0) is 18.3. The average Bonchev–Trinajstić information content (AvgIpc) is 3.48. The van der Waals surface area contributed by atoms with Crippen molar-refractivity contribution in [1.29, 1.82) is 0 Å². The van der Waals surface area contributed by atoms with Gasteiger partial charge in [-0.25, -0.2) is 9.88 Å². The van der Waals surface area contributed by atoms with E-state index in [0.29, 0.717) is 18.7 Å². The number of hydrogen-bond acceptors (Lipinski definition) is 5. The smallest absolute Gasteiger partial charge is 0.279 e. The summed E-state index contributed by atoms with van der Waals surface area (Å²) in [6.45, 7) is 0. The molecule has 7 heteroatoms. The lowest BCUT2D eigenvalue weighted by Gasteiger charge is -2.37. The molecule has 7 nitrogen and oxygen atoms in total. The Balaban J connectivity index is 1.75. The number of amides is 3. The van der Waals surface area contributed by atoms with Crippen molar-refractivity contribution in [3.8, 4) is 0 Å². The Bertz CT molecular complexity index is 860. The van der Waals surface area contributed by atoms with Gasteiger partial charge >= 0.3 is 0 Å². The molecule has 0 unspecified atom stereocenters. The highest BCUT2D eigenvalue weighted by Gasteiger charge is 2.61. The van der Waals surface area contributed by atoms with Gasteiger partial charge in [-0.3, -0.25) is 14.4 Å². The number of carbonyl (C=O) groups is 3. The Hall–Kier alpha value is -3.06. The van der Waals surface area contributed by atoms with Gasteiger partial charge in [-0.2, -0.15) is 0 Å². The van der Waals surface area contributed by atoms with E-state index in [0.717, 1.165) is 4.90 Å². The highest BCUT2D eigenvalue weighted by Crippen LogP contribution is 2.47. The molecule has 0 saturated heterocycles. The summed E-state index contributed by atoms with van der Waals surface area (Å²) >= 11 is 0. The van der Waals surface area contributed by atoms with Gasteiger partial charge in [0.05, 0.1) is 11.1 Å². The Morgan fingerprint density at radius 3 is 2.23 bits per heavy atom. The van der Waals surface area contributed by atoms with Crippen LogP contribution in [-0.2, 0) is 9.53 Å². The summed E-state index contributed by atoms with van der Waals surface area (Å²) in [7, 11) is 1.35. The number of aromatic nitrogens is 1. The number of imide groups is 1. The van der Waals surface area contributed by atoms with Gasteiger partial charge < -0.3 is 10.1 Å². The maximum absolute atomic E-state index is 13.2. The molecule has 2 aliphatic rings. The first kappa shape index (κ1) is 16.4. The van der Waals surface area contributed by atoms with Crippen molar-refractivity contribution in [2.75, 3.05) is 12.4 Å². The molecule has 1 atom stereocenters. The molecular formula is C19H17N3O4. The topological polar surface area (TPSA) is 88.6 Å². The third-order valence-corrected chi connectivity index (χ3v) is 4.80. The van der Waals surface area contributed by atoms with Crippen molar-refractivity contribution >= 4 is 23.5 Å². The fourth-order valence-corrected chi connectivity index (χ4v) is 3.43. The Morgan fingerprint density at radius 2 is 1.73 bits per heavy atom. The Kier molecular flexibility index (Phi) is 3.81. The first-order chi connectivity index (χ1) is 12.6. The van der Waals surface area contributed by atoms with Crippen molar-refractivity contribution < 1.29 is 19.1 Å². The molecule has 0 radical (unpaired) electrons. The van der Waals surface area contributed by atoms with Gasteiger partial charge in [0.15, 0.2) is 0 Å². The zero-order valence-corrected chi connectivity index (χ0v) is 14.1. The van der Waals surface area contributed by atoms with E-state index in [1.807, 2.05) is 0 Å². The van der Waals surface area contributed by atoms with Gasteiger partial charge in [-0.1, -0.05) is 18.2 Å². The SMILES string of the molecule is CO[C@](C(=O)Nc1ccccn1)(C1CC1)N1C(=O)c2ccccc2C1=O. The molecule has 0 spiro atoms. The quantitative estimate of drug-likeness (QED) is 0.833. The van der Waals surface area contributed by atoms with Crippen LogP contribution in [0.1, 0.15) is 33.6 Å². The van der Waals surface area contributed by atoms with E-state index in [2.05, 4.69) is 10.3 Å². The van der Waals surface area contributed by atoms with Gasteiger partial charge in [0, 0.05) is 19.2 Å². The highest BCUT2D eigenvalue weighted by atomic mass is 16.5. The van der Waals surface area contributed by atoms with Crippen LogP contribution in [-0.4, -0.2) is 40.4 Å². The number of rotatable bonds is 5. The number of anilines is 1. The first-order valence-electron chi connectivity index (χ1n) is 8.35. The minimum atomic E-state index is -1.69. The molecule has 2 aromatic rings. The molecular weight excluding hydrogens is 334 g/mol. The minimum absolute atomic E-state index is 0.251. The second-order valence-corrected chi connectivity index (χ2v) is 6.34. The van der Waals surface area contributed by atoms with Crippen LogP contribution in [0.15, 0.2) is 48.7 Å². The molecule has 0 bridgehead atoms. The van der Waals surface area contributed by atoms with Crippen molar-refractivity contribution in [2.45, 2.75) is 18.6 Å². The molecule has 4 rings (SSSR count). The van der Waals surface area contributed by atoms with Crippen LogP contribution in [0, 0.1) is 5.92 Å². The Labute approximate surface area is 150 Å². The van der Waals surface area contributed by atoms with E-state index in [-0.39, 0.29) is 17.0 Å². The van der Waals surface area contributed by atoms with Crippen LogP contribution in [0.3, 0.4) is 0 Å². The second-order valence-electron chi connectivity index (χ2n) is 6.34. The number of methoxy groups -OCH3 is 1. The average molecular weight is 351 g/mol. The minimum Gasteiger partial charge on any atom is -0.350 e. The molecule has 3 amide bonds. The number of pyridine rings is 1. The maximum Gasteiger partial charge on any atom is 0.279 e. The standard InChI is InChI=1S/C19H17N3O4/c1-26-19(12-9-10-12,18(25)21-15-8-4-5-11-20-15)22-16(23)13-6-2-3-7-14(13)17(22)24/h2-8,11-12H,9-10H2,1H3,(H,20,21,25)/t19-/m0/s1. The fraction of sp³-hybridized carbons (Fsp3) is 0.263. The third-order valence-electron chi connectivity index (χ3n) is 4.80. The van der Waals surface area contributed by atoms with Crippen LogP contribution in [0.5, 0.6) is 0 Å². The lowest BCUT2D eigenvalue weighted by atomic mass is 10.0. The summed E-state index contributed by atoms with van der Waals surface area (Å²) in [4.78, 5) is 44.1. The molecule has 132 valence electrons. The molecule has 1 aromatic carbocycles. The van der Waals surface area contributed by atoms with Gasteiger partial charge in [0.2, 0.25) is 5.72 Å². The predicted octanol–water partition coefficient (Wildman–Crippen LogP) is 2.07. The second kappa shape index (κ2) is 6.03. The van der Waals surface area contributed by atoms with Crippen LogP contribution in [0.4, 0.5) is 5.82 Å². The van der Waals surface area contributed by atoms with Crippen LogP contribution in [0.25, 0.3) is 0 Å². The summed E-state index contributed by atoms with van der Waals surface area (Å²) in [6, 6.07) is 11.6. The summed E-state index contributed by atoms with van der Waals surface area (Å²) in [5.41, 5.74) is -1.12. The largest absolute Gasteiger partial charge is 0.350 e. The first-order valence-corrected chi connectivity index (χ1v) is 8.35. The van der Waals surface area contributed by atoms with E-state index >= 15 is 0 Å². The summed E-state index contributed by atoms with van der Waals surface area (Å²) in [6.07, 6.45) is 2.93. The number of benzene rings is 1. The van der Waals surface area contributed by atoms with Crippen molar-refractivity contribution in [1.82, 2.24) is 9.88 Å². The van der Waals surface area contributed by atoms with Gasteiger partial charge in [-0.15, -0.1) is 0 Å². The van der Waals surface area contributed by atoms with E-state index in [4.69, 9.17) is 4.74 Å². The summed E-state index contributed by atoms with van der Waals surface area (Å²) < 4.78 is 5.60. The van der Waals surface area contributed by atoms with Crippen molar-refractivity contribution in [2.24, 2.45) is 5.92 Å². The summed E-state index contributed by atoms with van der Waals surface area (Å²) in [5, 5.41) is 2.68. The highest BCUT2D eigenvalue weighted by molar-refractivity contribution is 6.24. The normalized spacial score (nSPS) is 18.4. The number of nitrogens with zero attached hydrogens (tertiary/aromatic N) is 2. The number of carbonyl (C=O) groups excluding carboxylic acids is 3. The number of hydrogen-bond donors (Lipinski definition) is 1. The molecule has 26 heavy (non-hydrogen) atoms. The van der Waals surface area contributed by atoms with E-state index < -0.39 is 23.4 Å². The molecule has 2 heterocycles. The van der Waals surface area contributed by atoms with Crippen LogP contribution < -0.4 is 5.32 Å². The predicted molar refractivity (Wildman–Crippen MR) is 92.3 cm³/mol. The van der Waals surface area contributed by atoms with Crippen molar-refractivity contribution in [3.05, 3.63) is 59.8 Å². The number of nitrogens with one attached hydrogen (secondary N) is 1. The van der Waals surface area contributed by atoms with E-state index in [1.54, 1.807) is 48.7 Å². The number of fused-ring (bicyclic) bond motifs is 1. The molecule has 1 fully saturated rings. The zero-order valence-electron chi connectivity index (χ0n) is 14.1. The van der Waals surface area contributed by atoms with Gasteiger partial charge in [0.1, 0.15) is 5.82 Å². The third kappa shape index (κ3) is 2.32. The fourth-order valence-electron chi connectivity index (χ4n) is 3.43. The van der Waals surface area contributed by atoms with Crippen molar-refractivity contribution in [3.63, 3.8) is 0 Å². The molecule has 1 N–H and O–H groups in total. The molecule has 1 aliphatic heterocycles. The Morgan fingerprint density at radius 1 is 1.12 bits per heavy atom. The lowest BCUT2D eigenvalue weighted by molar-refractivity contribution is -0.159. The van der Waals surface area contributed by atoms with Gasteiger partial charge in [0.25, 0.3) is 17.7 Å². The van der Waals surface area contributed by atoms with E-state index in [1.165, 1.54) is 7.11 Å². The van der Waals surface area contributed by atoms with Crippen LogP contribution >= 0.6 is 0 Å².